The topological polar surface area (TPSA) is 63.3 Å². The molecule has 1 aromatic carbocycles. The largest absolute Gasteiger partial charge is 0.506 e. The van der Waals surface area contributed by atoms with Crippen LogP contribution in [0.15, 0.2) is 24.3 Å². The van der Waals surface area contributed by atoms with Crippen LogP contribution in [-0.2, 0) is 4.79 Å². The van der Waals surface area contributed by atoms with E-state index in [4.69, 9.17) is 17.3 Å². The summed E-state index contributed by atoms with van der Waals surface area (Å²) in [6.07, 6.45) is 3.51. The van der Waals surface area contributed by atoms with Gasteiger partial charge in [-0.25, -0.2) is 0 Å². The summed E-state index contributed by atoms with van der Waals surface area (Å²) < 4.78 is 0. The first-order chi connectivity index (χ1) is 6.59. The minimum absolute atomic E-state index is 0.0212. The highest BCUT2D eigenvalue weighted by Gasteiger charge is 1.97. The molecule has 1 aromatic rings. The molecule has 3 N–H and O–H groups in total. The smallest absolute Gasteiger partial charge is 0.221 e. The lowest BCUT2D eigenvalue weighted by atomic mass is 10.2. The van der Waals surface area contributed by atoms with Crippen LogP contribution < -0.4 is 5.73 Å². The van der Waals surface area contributed by atoms with Gasteiger partial charge in [0, 0.05) is 6.42 Å². The lowest BCUT2D eigenvalue weighted by Crippen LogP contribution is -2.07. The Morgan fingerprint density at radius 1 is 1.57 bits per heavy atom. The number of primary amides is 1. The van der Waals surface area contributed by atoms with Crippen LogP contribution in [0.1, 0.15) is 12.0 Å². The minimum Gasteiger partial charge on any atom is -0.506 e. The number of aromatic hydroxyl groups is 1. The monoisotopic (exact) mass is 211 g/mol. The summed E-state index contributed by atoms with van der Waals surface area (Å²) >= 11 is 5.62. The first-order valence-electron chi connectivity index (χ1n) is 4.03. The van der Waals surface area contributed by atoms with E-state index in [0.29, 0.717) is 5.02 Å². The van der Waals surface area contributed by atoms with Crippen molar-refractivity contribution >= 4 is 23.6 Å². The molecule has 1 rings (SSSR count). The highest BCUT2D eigenvalue weighted by atomic mass is 35.5. The predicted molar refractivity (Wildman–Crippen MR) is 56.0 cm³/mol. The SMILES string of the molecule is NC(=O)CC=Cc1ccc(Cl)c(O)c1. The van der Waals surface area contributed by atoms with Gasteiger partial charge in [0.15, 0.2) is 0 Å². The highest BCUT2D eigenvalue weighted by molar-refractivity contribution is 6.32. The second-order valence-electron chi connectivity index (χ2n) is 2.78. The Bertz CT molecular complexity index is 374. The number of carbonyl (C=O) groups excluding carboxylic acids is 1. The fraction of sp³-hybridized carbons (Fsp3) is 0.100. The van der Waals surface area contributed by atoms with Gasteiger partial charge < -0.3 is 10.8 Å². The molecule has 0 atom stereocenters. The average Bonchev–Trinajstić information content (AvgIpc) is 2.10. The maximum atomic E-state index is 10.4. The zero-order valence-electron chi connectivity index (χ0n) is 7.40. The summed E-state index contributed by atoms with van der Waals surface area (Å²) in [5.74, 6) is -0.368. The van der Waals surface area contributed by atoms with Crippen LogP contribution in [0.2, 0.25) is 5.02 Å². The summed E-state index contributed by atoms with van der Waals surface area (Å²) in [5, 5.41) is 9.55. The molecule has 0 heterocycles. The maximum absolute atomic E-state index is 10.4. The molecule has 0 aromatic heterocycles. The zero-order valence-corrected chi connectivity index (χ0v) is 8.16. The third-order valence-corrected chi connectivity index (χ3v) is 1.92. The molecule has 14 heavy (non-hydrogen) atoms. The number of benzene rings is 1. The van der Waals surface area contributed by atoms with Gasteiger partial charge in [-0.3, -0.25) is 4.79 Å². The number of halogens is 1. The number of rotatable bonds is 3. The van der Waals surface area contributed by atoms with Crippen molar-refractivity contribution in [2.24, 2.45) is 5.73 Å². The number of carbonyl (C=O) groups is 1. The molecule has 0 aliphatic carbocycles. The molecule has 0 unspecified atom stereocenters. The zero-order chi connectivity index (χ0) is 10.6. The van der Waals surface area contributed by atoms with Gasteiger partial charge in [-0.2, -0.15) is 0 Å². The molecule has 0 saturated heterocycles. The Morgan fingerprint density at radius 2 is 2.29 bits per heavy atom. The normalized spacial score (nSPS) is 10.6. The molecule has 0 aliphatic heterocycles. The van der Waals surface area contributed by atoms with Gasteiger partial charge in [-0.15, -0.1) is 0 Å². The first kappa shape index (κ1) is 10.6. The molecule has 0 bridgehead atoms. The molecule has 0 spiro atoms. The van der Waals surface area contributed by atoms with Crippen LogP contribution in [0, 0.1) is 0 Å². The third kappa shape index (κ3) is 3.11. The second kappa shape index (κ2) is 4.67. The van der Waals surface area contributed by atoms with Gasteiger partial charge in [-0.05, 0) is 17.7 Å². The molecule has 74 valence electrons. The quantitative estimate of drug-likeness (QED) is 0.803. The number of nitrogens with two attached hydrogens (primary N) is 1. The molecular formula is C10H10ClNO2. The van der Waals surface area contributed by atoms with E-state index in [-0.39, 0.29) is 18.1 Å². The standard InChI is InChI=1S/C10H10ClNO2/c11-8-5-4-7(6-9(8)13)2-1-3-10(12)14/h1-2,4-6,13H,3H2,(H2,12,14). The number of hydrogen-bond donors (Lipinski definition) is 2. The summed E-state index contributed by atoms with van der Waals surface area (Å²) in [6.45, 7) is 0. The molecule has 3 nitrogen and oxygen atoms in total. The maximum Gasteiger partial charge on any atom is 0.221 e. The first-order valence-corrected chi connectivity index (χ1v) is 4.41. The Morgan fingerprint density at radius 3 is 2.86 bits per heavy atom. The van der Waals surface area contributed by atoms with E-state index in [9.17, 15) is 9.90 Å². The molecule has 0 saturated carbocycles. The Labute approximate surface area is 86.8 Å². The molecule has 4 heteroatoms. The van der Waals surface area contributed by atoms with E-state index in [1.165, 1.54) is 6.07 Å². The van der Waals surface area contributed by atoms with Gasteiger partial charge >= 0.3 is 0 Å². The van der Waals surface area contributed by atoms with Gasteiger partial charge in [0.05, 0.1) is 5.02 Å². The predicted octanol–water partition coefficient (Wildman–Crippen LogP) is 1.93. The Balaban J connectivity index is 2.73. The van der Waals surface area contributed by atoms with Crippen molar-refractivity contribution in [3.8, 4) is 5.75 Å². The van der Waals surface area contributed by atoms with Gasteiger partial charge in [0.2, 0.25) is 5.91 Å². The minimum atomic E-state index is -0.389. The van der Waals surface area contributed by atoms with Crippen molar-refractivity contribution < 1.29 is 9.90 Å². The summed E-state index contributed by atoms with van der Waals surface area (Å²) in [7, 11) is 0. The van der Waals surface area contributed by atoms with Crippen LogP contribution in [-0.4, -0.2) is 11.0 Å². The van der Waals surface area contributed by atoms with E-state index in [2.05, 4.69) is 0 Å². The lowest BCUT2D eigenvalue weighted by molar-refractivity contribution is -0.117. The van der Waals surface area contributed by atoms with Crippen molar-refractivity contribution in [1.82, 2.24) is 0 Å². The van der Waals surface area contributed by atoms with E-state index < -0.39 is 0 Å². The summed E-state index contributed by atoms with van der Waals surface area (Å²) in [6, 6.07) is 4.83. The van der Waals surface area contributed by atoms with Gasteiger partial charge in [0.1, 0.15) is 5.75 Å². The van der Waals surface area contributed by atoms with Gasteiger partial charge in [0.25, 0.3) is 0 Å². The van der Waals surface area contributed by atoms with E-state index in [1.54, 1.807) is 24.3 Å². The lowest BCUT2D eigenvalue weighted by Gasteiger charge is -1.97. The number of amides is 1. The third-order valence-electron chi connectivity index (χ3n) is 1.60. The molecular weight excluding hydrogens is 202 g/mol. The number of phenols is 1. The van der Waals surface area contributed by atoms with Crippen molar-refractivity contribution in [2.45, 2.75) is 6.42 Å². The van der Waals surface area contributed by atoms with E-state index >= 15 is 0 Å². The van der Waals surface area contributed by atoms with Crippen LogP contribution in [0.3, 0.4) is 0 Å². The molecule has 0 aliphatic rings. The number of hydrogen-bond acceptors (Lipinski definition) is 2. The van der Waals surface area contributed by atoms with Crippen LogP contribution >= 0.6 is 11.6 Å². The van der Waals surface area contributed by atoms with Crippen LogP contribution in [0.25, 0.3) is 6.08 Å². The molecule has 1 amide bonds. The van der Waals surface area contributed by atoms with Crippen molar-refractivity contribution in [3.63, 3.8) is 0 Å². The van der Waals surface area contributed by atoms with Crippen LogP contribution in [0.4, 0.5) is 0 Å². The molecule has 0 radical (unpaired) electrons. The fourth-order valence-corrected chi connectivity index (χ4v) is 1.06. The fourth-order valence-electron chi connectivity index (χ4n) is 0.945. The Hall–Kier alpha value is -1.48. The summed E-state index contributed by atoms with van der Waals surface area (Å²) in [5.41, 5.74) is 5.72. The molecule has 0 fully saturated rings. The Kier molecular flexibility index (Phi) is 3.54. The summed E-state index contributed by atoms with van der Waals surface area (Å²) in [4.78, 5) is 10.4. The van der Waals surface area contributed by atoms with Crippen LogP contribution in [0.5, 0.6) is 5.75 Å². The van der Waals surface area contributed by atoms with E-state index in [0.717, 1.165) is 5.56 Å². The van der Waals surface area contributed by atoms with E-state index in [1.807, 2.05) is 0 Å². The number of phenolic OH excluding ortho intramolecular Hbond substituents is 1. The van der Waals surface area contributed by atoms with Crippen molar-refractivity contribution in [1.29, 1.82) is 0 Å². The highest BCUT2D eigenvalue weighted by Crippen LogP contribution is 2.24. The average molecular weight is 212 g/mol. The second-order valence-corrected chi connectivity index (χ2v) is 3.19. The van der Waals surface area contributed by atoms with Crippen molar-refractivity contribution in [3.05, 3.63) is 34.9 Å². The van der Waals surface area contributed by atoms with Crippen molar-refractivity contribution in [2.75, 3.05) is 0 Å². The van der Waals surface area contributed by atoms with Gasteiger partial charge in [-0.1, -0.05) is 29.8 Å².